The topological polar surface area (TPSA) is 29.3 Å². The quantitative estimate of drug-likeness (QED) is 0.798. The van der Waals surface area contributed by atoms with Crippen LogP contribution in [0.4, 0.5) is 0 Å². The van der Waals surface area contributed by atoms with Crippen molar-refractivity contribution in [2.45, 2.75) is 57.8 Å². The predicted octanol–water partition coefficient (Wildman–Crippen LogP) is 3.02. The maximum absolute atomic E-state index is 5.57. The van der Waals surface area contributed by atoms with E-state index >= 15 is 0 Å². The summed E-state index contributed by atoms with van der Waals surface area (Å²) in [6.45, 7) is 4.74. The molecule has 0 radical (unpaired) electrons. The molecule has 2 aliphatic rings. The van der Waals surface area contributed by atoms with Gasteiger partial charge in [-0.2, -0.15) is 0 Å². The summed E-state index contributed by atoms with van der Waals surface area (Å²) >= 11 is 0. The minimum absolute atomic E-state index is 0.849. The zero-order valence-electron chi connectivity index (χ0n) is 11.4. The van der Waals surface area contributed by atoms with Gasteiger partial charge in [0.05, 0.1) is 0 Å². The van der Waals surface area contributed by atoms with Gasteiger partial charge in [0.2, 0.25) is 0 Å². The summed E-state index contributed by atoms with van der Waals surface area (Å²) in [6.07, 6.45) is 13.1. The molecule has 0 spiro atoms. The van der Waals surface area contributed by atoms with Crippen LogP contribution in [-0.2, 0) is 0 Å². The van der Waals surface area contributed by atoms with Crippen molar-refractivity contribution in [2.24, 2.45) is 17.6 Å². The molecule has 2 nitrogen and oxygen atoms in total. The van der Waals surface area contributed by atoms with E-state index < -0.39 is 0 Å². The molecular weight excluding hydrogens is 208 g/mol. The normalized spacial score (nSPS) is 25.2. The summed E-state index contributed by atoms with van der Waals surface area (Å²) in [5.74, 6) is 2.11. The highest BCUT2D eigenvalue weighted by atomic mass is 15.1. The molecule has 0 bridgehead atoms. The van der Waals surface area contributed by atoms with Crippen LogP contribution in [0.25, 0.3) is 0 Å². The summed E-state index contributed by atoms with van der Waals surface area (Å²) in [7, 11) is 0. The molecule has 0 aromatic carbocycles. The third-order valence-electron chi connectivity index (χ3n) is 4.78. The Labute approximate surface area is 107 Å². The molecule has 2 fully saturated rings. The summed E-state index contributed by atoms with van der Waals surface area (Å²) in [6, 6.07) is 0. The number of piperidine rings is 1. The number of hydrogen-bond donors (Lipinski definition) is 1. The standard InChI is InChI=1S/C15H30N2/c16-9-4-10-17-11-7-15(8-12-17)13-14-5-2-1-3-6-14/h14-15H,1-13,16H2. The second-order valence-corrected chi connectivity index (χ2v) is 6.17. The van der Waals surface area contributed by atoms with Crippen LogP contribution in [0.3, 0.4) is 0 Å². The highest BCUT2D eigenvalue weighted by Gasteiger charge is 2.23. The Morgan fingerprint density at radius 3 is 2.18 bits per heavy atom. The first kappa shape index (κ1) is 13.4. The SMILES string of the molecule is NCCCN1CCC(CC2CCCCC2)CC1. The van der Waals surface area contributed by atoms with E-state index in [1.54, 1.807) is 0 Å². The highest BCUT2D eigenvalue weighted by Crippen LogP contribution is 2.32. The molecule has 1 aliphatic heterocycles. The van der Waals surface area contributed by atoms with Crippen LogP contribution in [-0.4, -0.2) is 31.1 Å². The van der Waals surface area contributed by atoms with E-state index in [4.69, 9.17) is 5.73 Å². The molecule has 0 amide bonds. The van der Waals surface area contributed by atoms with Gasteiger partial charge in [-0.15, -0.1) is 0 Å². The lowest BCUT2D eigenvalue weighted by Crippen LogP contribution is -2.35. The second-order valence-electron chi connectivity index (χ2n) is 6.17. The van der Waals surface area contributed by atoms with Crippen LogP contribution in [0.2, 0.25) is 0 Å². The van der Waals surface area contributed by atoms with Crippen molar-refractivity contribution >= 4 is 0 Å². The van der Waals surface area contributed by atoms with E-state index in [0.29, 0.717) is 0 Å². The maximum atomic E-state index is 5.57. The molecule has 1 heterocycles. The Kier molecular flexibility index (Phi) is 5.79. The number of nitrogens with zero attached hydrogens (tertiary/aromatic N) is 1. The molecule has 0 unspecified atom stereocenters. The number of likely N-dealkylation sites (tertiary alicyclic amines) is 1. The van der Waals surface area contributed by atoms with Crippen LogP contribution >= 0.6 is 0 Å². The first-order valence-corrected chi connectivity index (χ1v) is 7.81. The molecule has 2 N–H and O–H groups in total. The van der Waals surface area contributed by atoms with Crippen molar-refractivity contribution in [3.63, 3.8) is 0 Å². The molecule has 2 heteroatoms. The Morgan fingerprint density at radius 2 is 1.53 bits per heavy atom. The van der Waals surface area contributed by atoms with Crippen molar-refractivity contribution in [2.75, 3.05) is 26.2 Å². The summed E-state index contributed by atoms with van der Waals surface area (Å²) in [5.41, 5.74) is 5.57. The van der Waals surface area contributed by atoms with E-state index in [1.807, 2.05) is 0 Å². The molecular formula is C15H30N2. The lowest BCUT2D eigenvalue weighted by molar-refractivity contribution is 0.157. The van der Waals surface area contributed by atoms with Gasteiger partial charge in [0, 0.05) is 0 Å². The van der Waals surface area contributed by atoms with Crippen LogP contribution in [0.15, 0.2) is 0 Å². The van der Waals surface area contributed by atoms with Gasteiger partial charge in [0.15, 0.2) is 0 Å². The largest absolute Gasteiger partial charge is 0.330 e. The Balaban J connectivity index is 1.61. The maximum Gasteiger partial charge on any atom is -0.000671 e. The van der Waals surface area contributed by atoms with Gasteiger partial charge in [0.25, 0.3) is 0 Å². The molecule has 1 saturated carbocycles. The van der Waals surface area contributed by atoms with E-state index in [9.17, 15) is 0 Å². The average molecular weight is 238 g/mol. The van der Waals surface area contributed by atoms with E-state index in [0.717, 1.165) is 18.4 Å². The van der Waals surface area contributed by atoms with Gasteiger partial charge in [-0.25, -0.2) is 0 Å². The molecule has 1 saturated heterocycles. The molecule has 1 aliphatic carbocycles. The fourth-order valence-corrected chi connectivity index (χ4v) is 3.65. The van der Waals surface area contributed by atoms with Crippen molar-refractivity contribution in [1.82, 2.24) is 4.90 Å². The van der Waals surface area contributed by atoms with Gasteiger partial charge < -0.3 is 10.6 Å². The smallest absolute Gasteiger partial charge is 0.000671 e. The molecule has 2 rings (SSSR count). The summed E-state index contributed by atoms with van der Waals surface area (Å²) in [5, 5.41) is 0. The molecule has 17 heavy (non-hydrogen) atoms. The Hall–Kier alpha value is -0.0800. The fraction of sp³-hybridized carbons (Fsp3) is 1.00. The minimum atomic E-state index is 0.849. The lowest BCUT2D eigenvalue weighted by atomic mass is 9.80. The lowest BCUT2D eigenvalue weighted by Gasteiger charge is -2.34. The van der Waals surface area contributed by atoms with Crippen LogP contribution < -0.4 is 5.73 Å². The highest BCUT2D eigenvalue weighted by molar-refractivity contribution is 4.76. The van der Waals surface area contributed by atoms with E-state index in [2.05, 4.69) is 4.90 Å². The van der Waals surface area contributed by atoms with Gasteiger partial charge >= 0.3 is 0 Å². The zero-order valence-corrected chi connectivity index (χ0v) is 11.4. The van der Waals surface area contributed by atoms with Gasteiger partial charge in [-0.05, 0) is 63.7 Å². The van der Waals surface area contributed by atoms with Crippen molar-refractivity contribution in [1.29, 1.82) is 0 Å². The summed E-state index contributed by atoms with van der Waals surface area (Å²) in [4.78, 5) is 2.62. The van der Waals surface area contributed by atoms with Crippen LogP contribution in [0.5, 0.6) is 0 Å². The number of hydrogen-bond acceptors (Lipinski definition) is 2. The fourth-order valence-electron chi connectivity index (χ4n) is 3.65. The van der Waals surface area contributed by atoms with Gasteiger partial charge in [-0.3, -0.25) is 0 Å². The summed E-state index contributed by atoms with van der Waals surface area (Å²) < 4.78 is 0. The zero-order chi connectivity index (χ0) is 11.9. The Morgan fingerprint density at radius 1 is 0.882 bits per heavy atom. The minimum Gasteiger partial charge on any atom is -0.330 e. The molecule has 0 atom stereocenters. The predicted molar refractivity (Wildman–Crippen MR) is 74.0 cm³/mol. The van der Waals surface area contributed by atoms with Gasteiger partial charge in [-0.1, -0.05) is 32.1 Å². The van der Waals surface area contributed by atoms with Crippen molar-refractivity contribution in [3.8, 4) is 0 Å². The Bertz CT molecular complexity index is 191. The van der Waals surface area contributed by atoms with Crippen molar-refractivity contribution in [3.05, 3.63) is 0 Å². The number of nitrogens with two attached hydrogens (primary N) is 1. The molecule has 100 valence electrons. The molecule has 0 aromatic rings. The average Bonchev–Trinajstić information content (AvgIpc) is 2.39. The first-order chi connectivity index (χ1) is 8.38. The van der Waals surface area contributed by atoms with E-state index in [1.165, 1.54) is 77.4 Å². The second kappa shape index (κ2) is 7.38. The third kappa shape index (κ3) is 4.59. The van der Waals surface area contributed by atoms with Crippen molar-refractivity contribution < 1.29 is 0 Å². The monoisotopic (exact) mass is 238 g/mol. The van der Waals surface area contributed by atoms with E-state index in [-0.39, 0.29) is 0 Å². The van der Waals surface area contributed by atoms with Gasteiger partial charge in [0.1, 0.15) is 0 Å². The first-order valence-electron chi connectivity index (χ1n) is 7.81. The van der Waals surface area contributed by atoms with Crippen LogP contribution in [0.1, 0.15) is 57.8 Å². The molecule has 0 aromatic heterocycles. The third-order valence-corrected chi connectivity index (χ3v) is 4.78. The number of rotatable bonds is 5. The van der Waals surface area contributed by atoms with Crippen LogP contribution in [0, 0.1) is 11.8 Å².